The number of benzene rings is 1. The Morgan fingerprint density at radius 1 is 1.30 bits per heavy atom. The van der Waals surface area contributed by atoms with Crippen molar-refractivity contribution in [3.63, 3.8) is 0 Å². The van der Waals surface area contributed by atoms with Crippen LogP contribution in [0.2, 0.25) is 0 Å². The Morgan fingerprint density at radius 2 is 1.90 bits per heavy atom. The predicted octanol–water partition coefficient (Wildman–Crippen LogP) is 1.49. The number of hydrogen-bond donors (Lipinski definition) is 1. The molecule has 5 heteroatoms. The average molecular weight is 297 g/mol. The molecule has 0 bridgehead atoms. The highest BCUT2D eigenvalue weighted by Crippen LogP contribution is 2.62. The summed E-state index contributed by atoms with van der Waals surface area (Å²) >= 11 is 0. The van der Waals surface area contributed by atoms with Crippen LogP contribution in [-0.4, -0.2) is 39.7 Å². The SMILES string of the molecule is CCOC[C@]1(CN)[C@H](c2ccc(C)cc2)[C@H]1S(C)(=O)=O. The first-order valence-electron chi connectivity index (χ1n) is 6.90. The van der Waals surface area contributed by atoms with Crippen molar-refractivity contribution in [3.8, 4) is 0 Å². The van der Waals surface area contributed by atoms with Crippen molar-refractivity contribution in [1.29, 1.82) is 0 Å². The molecule has 2 rings (SSSR count). The number of ether oxygens (including phenoxy) is 1. The molecule has 0 aromatic heterocycles. The first kappa shape index (κ1) is 15.5. The van der Waals surface area contributed by atoms with Gasteiger partial charge in [-0.15, -0.1) is 0 Å². The topological polar surface area (TPSA) is 69.4 Å². The summed E-state index contributed by atoms with van der Waals surface area (Å²) in [6.45, 7) is 5.21. The van der Waals surface area contributed by atoms with Crippen LogP contribution in [0.3, 0.4) is 0 Å². The minimum absolute atomic E-state index is 0.0605. The molecule has 0 radical (unpaired) electrons. The molecule has 1 aliphatic carbocycles. The summed E-state index contributed by atoms with van der Waals surface area (Å²) in [6, 6.07) is 8.02. The summed E-state index contributed by atoms with van der Waals surface area (Å²) in [7, 11) is -3.15. The van der Waals surface area contributed by atoms with E-state index in [9.17, 15) is 8.42 Å². The molecule has 0 unspecified atom stereocenters. The maximum Gasteiger partial charge on any atom is 0.151 e. The van der Waals surface area contributed by atoms with Crippen LogP contribution in [0.4, 0.5) is 0 Å². The van der Waals surface area contributed by atoms with Crippen molar-refractivity contribution in [2.75, 3.05) is 26.0 Å². The molecule has 0 heterocycles. The number of nitrogens with two attached hydrogens (primary N) is 1. The molecular formula is C15H23NO3S. The molecule has 1 fully saturated rings. The summed E-state index contributed by atoms with van der Waals surface area (Å²) in [5.74, 6) is -0.0605. The smallest absolute Gasteiger partial charge is 0.151 e. The molecular weight excluding hydrogens is 274 g/mol. The van der Waals surface area contributed by atoms with Gasteiger partial charge in [-0.3, -0.25) is 0 Å². The van der Waals surface area contributed by atoms with Crippen molar-refractivity contribution in [2.24, 2.45) is 11.1 Å². The first-order valence-corrected chi connectivity index (χ1v) is 8.85. The standard InChI is InChI=1S/C15H23NO3S/c1-4-19-10-15(9-16)13(14(15)20(3,17)18)12-7-5-11(2)6-8-12/h5-8,13-14H,4,9-10,16H2,1-3H3/t13-,14-,15-/m1/s1. The minimum atomic E-state index is -3.15. The van der Waals surface area contributed by atoms with Gasteiger partial charge in [0, 0.05) is 30.7 Å². The molecule has 20 heavy (non-hydrogen) atoms. The second kappa shape index (κ2) is 5.47. The average Bonchev–Trinajstić information content (AvgIpc) is 3.07. The van der Waals surface area contributed by atoms with Crippen LogP contribution in [0.5, 0.6) is 0 Å². The quantitative estimate of drug-likeness (QED) is 0.863. The van der Waals surface area contributed by atoms with Crippen LogP contribution in [0.1, 0.15) is 24.0 Å². The second-order valence-corrected chi connectivity index (χ2v) is 7.88. The largest absolute Gasteiger partial charge is 0.381 e. The summed E-state index contributed by atoms with van der Waals surface area (Å²) in [5, 5.41) is -0.436. The van der Waals surface area contributed by atoms with Crippen LogP contribution in [0.25, 0.3) is 0 Å². The fourth-order valence-corrected chi connectivity index (χ4v) is 5.18. The third kappa shape index (κ3) is 2.62. The van der Waals surface area contributed by atoms with Crippen LogP contribution >= 0.6 is 0 Å². The van der Waals surface area contributed by atoms with E-state index in [0.29, 0.717) is 19.8 Å². The molecule has 0 spiro atoms. The summed E-state index contributed by atoms with van der Waals surface area (Å²) < 4.78 is 29.6. The number of hydrogen-bond acceptors (Lipinski definition) is 4. The van der Waals surface area contributed by atoms with Gasteiger partial charge in [0.05, 0.1) is 11.9 Å². The molecule has 3 atom stereocenters. The fourth-order valence-electron chi connectivity index (χ4n) is 3.17. The van der Waals surface area contributed by atoms with Crippen molar-refractivity contribution >= 4 is 9.84 Å². The summed E-state index contributed by atoms with van der Waals surface area (Å²) in [4.78, 5) is 0. The second-order valence-electron chi connectivity index (χ2n) is 5.71. The lowest BCUT2D eigenvalue weighted by Crippen LogP contribution is -2.28. The monoisotopic (exact) mass is 297 g/mol. The van der Waals surface area contributed by atoms with E-state index in [2.05, 4.69) is 0 Å². The van der Waals surface area contributed by atoms with Crippen molar-refractivity contribution < 1.29 is 13.2 Å². The summed E-state index contributed by atoms with van der Waals surface area (Å²) in [5.41, 5.74) is 7.64. The maximum absolute atomic E-state index is 12.1. The van der Waals surface area contributed by atoms with Gasteiger partial charge >= 0.3 is 0 Å². The van der Waals surface area contributed by atoms with E-state index >= 15 is 0 Å². The van der Waals surface area contributed by atoms with Gasteiger partial charge < -0.3 is 10.5 Å². The van der Waals surface area contributed by atoms with E-state index in [1.807, 2.05) is 38.1 Å². The number of aryl methyl sites for hydroxylation is 1. The Hall–Kier alpha value is -0.910. The Labute approximate surface area is 121 Å². The molecule has 4 nitrogen and oxygen atoms in total. The van der Waals surface area contributed by atoms with E-state index in [0.717, 1.165) is 11.1 Å². The fraction of sp³-hybridized carbons (Fsp3) is 0.600. The van der Waals surface area contributed by atoms with E-state index in [4.69, 9.17) is 10.5 Å². The van der Waals surface area contributed by atoms with Crippen LogP contribution in [0, 0.1) is 12.3 Å². The Kier molecular flexibility index (Phi) is 4.23. The Balaban J connectivity index is 2.36. The first-order chi connectivity index (χ1) is 9.36. The third-order valence-electron chi connectivity index (χ3n) is 4.23. The van der Waals surface area contributed by atoms with Gasteiger partial charge in [0.25, 0.3) is 0 Å². The van der Waals surface area contributed by atoms with Crippen LogP contribution in [0.15, 0.2) is 24.3 Å². The van der Waals surface area contributed by atoms with Gasteiger partial charge in [0.15, 0.2) is 9.84 Å². The van der Waals surface area contributed by atoms with Crippen LogP contribution in [-0.2, 0) is 14.6 Å². The normalized spacial score (nSPS) is 29.4. The predicted molar refractivity (Wildman–Crippen MR) is 80.5 cm³/mol. The van der Waals surface area contributed by atoms with Crippen molar-refractivity contribution in [2.45, 2.75) is 25.0 Å². The van der Waals surface area contributed by atoms with Gasteiger partial charge in [0.1, 0.15) is 0 Å². The maximum atomic E-state index is 12.1. The zero-order chi connectivity index (χ0) is 15.0. The molecule has 1 saturated carbocycles. The lowest BCUT2D eigenvalue weighted by Gasteiger charge is -2.15. The summed E-state index contributed by atoms with van der Waals surface area (Å²) in [6.07, 6.45) is 1.29. The van der Waals surface area contributed by atoms with Crippen molar-refractivity contribution in [3.05, 3.63) is 35.4 Å². The van der Waals surface area contributed by atoms with Gasteiger partial charge in [-0.25, -0.2) is 8.42 Å². The Morgan fingerprint density at radius 3 is 2.35 bits per heavy atom. The van der Waals surface area contributed by atoms with E-state index in [-0.39, 0.29) is 5.92 Å². The van der Waals surface area contributed by atoms with Gasteiger partial charge in [-0.05, 0) is 19.4 Å². The molecule has 112 valence electrons. The van der Waals surface area contributed by atoms with E-state index in [1.54, 1.807) is 0 Å². The zero-order valence-electron chi connectivity index (χ0n) is 12.3. The zero-order valence-corrected chi connectivity index (χ0v) is 13.1. The van der Waals surface area contributed by atoms with Crippen LogP contribution < -0.4 is 5.73 Å². The van der Waals surface area contributed by atoms with Gasteiger partial charge in [0.2, 0.25) is 0 Å². The van der Waals surface area contributed by atoms with Crippen molar-refractivity contribution in [1.82, 2.24) is 0 Å². The molecule has 0 saturated heterocycles. The molecule has 2 N–H and O–H groups in total. The molecule has 0 aliphatic heterocycles. The van der Waals surface area contributed by atoms with E-state index < -0.39 is 20.5 Å². The highest BCUT2D eigenvalue weighted by atomic mass is 32.2. The highest BCUT2D eigenvalue weighted by molar-refractivity contribution is 7.91. The molecule has 1 aliphatic rings. The number of rotatable bonds is 6. The Bertz CT molecular complexity index is 567. The van der Waals surface area contributed by atoms with E-state index in [1.165, 1.54) is 6.26 Å². The molecule has 1 aromatic carbocycles. The lowest BCUT2D eigenvalue weighted by molar-refractivity contribution is 0.101. The molecule has 1 aromatic rings. The molecule has 0 amide bonds. The lowest BCUT2D eigenvalue weighted by atomic mass is 9.99. The highest BCUT2D eigenvalue weighted by Gasteiger charge is 2.69. The minimum Gasteiger partial charge on any atom is -0.381 e. The van der Waals surface area contributed by atoms with Gasteiger partial charge in [-0.2, -0.15) is 0 Å². The third-order valence-corrected chi connectivity index (χ3v) is 5.90. The van der Waals surface area contributed by atoms with Gasteiger partial charge in [-0.1, -0.05) is 29.8 Å². The number of sulfone groups is 1.